The van der Waals surface area contributed by atoms with E-state index in [0.29, 0.717) is 34.1 Å². The summed E-state index contributed by atoms with van der Waals surface area (Å²) in [6.45, 7) is 6.21. The maximum Gasteiger partial charge on any atom is 0.291 e. The fourth-order valence-electron chi connectivity index (χ4n) is 4.13. The van der Waals surface area contributed by atoms with Crippen LogP contribution < -0.4 is 15.4 Å². The third kappa shape index (κ3) is 5.50. The summed E-state index contributed by atoms with van der Waals surface area (Å²) in [5, 5.41) is 6.30. The first-order valence-electron chi connectivity index (χ1n) is 11.1. The monoisotopic (exact) mass is 453 g/mol. The molecule has 2 N–H and O–H groups in total. The molecule has 0 aliphatic carbocycles. The number of nitrogens with one attached hydrogen (secondary N) is 2. The predicted molar refractivity (Wildman–Crippen MR) is 127 cm³/mol. The van der Waals surface area contributed by atoms with Gasteiger partial charge in [0.05, 0.1) is 5.69 Å². The number of nitrogens with zero attached hydrogens (tertiary/aromatic N) is 1. The molecule has 2 heterocycles. The summed E-state index contributed by atoms with van der Waals surface area (Å²) < 4.78 is 5.77. The molecule has 0 radical (unpaired) electrons. The summed E-state index contributed by atoms with van der Waals surface area (Å²) in [4.78, 5) is 27.5. The van der Waals surface area contributed by atoms with Gasteiger partial charge in [-0.2, -0.15) is 0 Å². The summed E-state index contributed by atoms with van der Waals surface area (Å²) >= 11 is 6.17. The Morgan fingerprint density at radius 1 is 1.31 bits per heavy atom. The number of likely N-dealkylation sites (tertiary alicyclic amines) is 1. The smallest absolute Gasteiger partial charge is 0.291 e. The number of amides is 2. The zero-order valence-electron chi connectivity index (χ0n) is 18.2. The summed E-state index contributed by atoms with van der Waals surface area (Å²) in [5.74, 6) is 0.844. The fourth-order valence-corrected chi connectivity index (χ4v) is 4.32. The quantitative estimate of drug-likeness (QED) is 0.496. The van der Waals surface area contributed by atoms with E-state index in [9.17, 15) is 9.59 Å². The maximum atomic E-state index is 12.6. The molecule has 2 amide bonds. The SMILES string of the molecule is CC1CCCN(CCCNC(=O)c2ccc3c(c2)NC(=O)C(=Cc2ccccc2Cl)O3)C1. The molecule has 2 aliphatic heterocycles. The highest BCUT2D eigenvalue weighted by Crippen LogP contribution is 2.33. The van der Waals surface area contributed by atoms with Crippen LogP contribution in [0.5, 0.6) is 5.75 Å². The molecule has 1 saturated heterocycles. The number of ether oxygens (including phenoxy) is 1. The van der Waals surface area contributed by atoms with Gasteiger partial charge in [0, 0.05) is 23.7 Å². The van der Waals surface area contributed by atoms with Crippen LogP contribution in [0, 0.1) is 5.92 Å². The van der Waals surface area contributed by atoms with E-state index < -0.39 is 0 Å². The normalized spacial score (nSPS) is 19.8. The number of rotatable bonds is 6. The van der Waals surface area contributed by atoms with Crippen LogP contribution in [0.25, 0.3) is 6.08 Å². The highest BCUT2D eigenvalue weighted by atomic mass is 35.5. The first-order valence-corrected chi connectivity index (χ1v) is 11.5. The van der Waals surface area contributed by atoms with Crippen molar-refractivity contribution in [3.63, 3.8) is 0 Å². The lowest BCUT2D eigenvalue weighted by Gasteiger charge is -2.30. The first-order chi connectivity index (χ1) is 15.5. The van der Waals surface area contributed by atoms with Crippen molar-refractivity contribution >= 4 is 35.2 Å². The van der Waals surface area contributed by atoms with Crippen molar-refractivity contribution in [2.75, 3.05) is 31.5 Å². The fraction of sp³-hybridized carbons (Fsp3) is 0.360. The molecule has 1 fully saturated rings. The van der Waals surface area contributed by atoms with Gasteiger partial charge in [-0.3, -0.25) is 9.59 Å². The van der Waals surface area contributed by atoms with E-state index in [2.05, 4.69) is 22.5 Å². The van der Waals surface area contributed by atoms with Gasteiger partial charge in [-0.25, -0.2) is 0 Å². The molecule has 1 atom stereocenters. The van der Waals surface area contributed by atoms with Crippen LogP contribution in [0.4, 0.5) is 5.69 Å². The lowest BCUT2D eigenvalue weighted by Crippen LogP contribution is -2.36. The number of piperidine rings is 1. The first kappa shape index (κ1) is 22.4. The molecule has 4 rings (SSSR count). The number of hydrogen-bond donors (Lipinski definition) is 2. The van der Waals surface area contributed by atoms with Gasteiger partial charge in [-0.1, -0.05) is 36.7 Å². The number of fused-ring (bicyclic) bond motifs is 1. The Morgan fingerprint density at radius 3 is 2.97 bits per heavy atom. The van der Waals surface area contributed by atoms with Crippen LogP contribution in [0.2, 0.25) is 5.02 Å². The summed E-state index contributed by atoms with van der Waals surface area (Å²) in [6.07, 6.45) is 5.08. The van der Waals surface area contributed by atoms with E-state index in [1.165, 1.54) is 12.8 Å². The van der Waals surface area contributed by atoms with Gasteiger partial charge in [-0.15, -0.1) is 0 Å². The van der Waals surface area contributed by atoms with Crippen LogP contribution in [-0.2, 0) is 4.79 Å². The minimum atomic E-state index is -0.384. The molecule has 0 saturated carbocycles. The second kappa shape index (κ2) is 10.2. The molecule has 0 spiro atoms. The Morgan fingerprint density at radius 2 is 2.16 bits per heavy atom. The average Bonchev–Trinajstić information content (AvgIpc) is 2.78. The second-order valence-corrected chi connectivity index (χ2v) is 8.86. The van der Waals surface area contributed by atoms with Crippen LogP contribution in [0.1, 0.15) is 42.1 Å². The molecule has 0 aromatic heterocycles. The number of hydrogen-bond acceptors (Lipinski definition) is 4. The standard InChI is InChI=1S/C25H28ClN3O3/c1-17-6-4-12-29(16-17)13-5-11-27-24(30)19-9-10-22-21(14-19)28-25(31)23(32-22)15-18-7-2-3-8-20(18)26/h2-3,7-10,14-15,17H,4-6,11-13,16H2,1H3,(H,27,30)(H,28,31). The van der Waals surface area contributed by atoms with E-state index in [1.807, 2.05) is 12.1 Å². The summed E-state index contributed by atoms with van der Waals surface area (Å²) in [5.41, 5.74) is 1.65. The minimum Gasteiger partial charge on any atom is -0.449 e. The van der Waals surface area contributed by atoms with Crippen molar-refractivity contribution in [2.24, 2.45) is 5.92 Å². The topological polar surface area (TPSA) is 70.7 Å². The van der Waals surface area contributed by atoms with Gasteiger partial charge in [-0.05, 0) is 74.2 Å². The zero-order valence-corrected chi connectivity index (χ0v) is 19.0. The van der Waals surface area contributed by atoms with Gasteiger partial charge in [0.1, 0.15) is 0 Å². The number of carbonyl (C=O) groups excluding carboxylic acids is 2. The van der Waals surface area contributed by atoms with Crippen molar-refractivity contribution in [2.45, 2.75) is 26.2 Å². The molecule has 0 bridgehead atoms. The van der Waals surface area contributed by atoms with Crippen LogP contribution >= 0.6 is 11.6 Å². The van der Waals surface area contributed by atoms with Crippen molar-refractivity contribution in [3.8, 4) is 5.75 Å². The summed E-state index contributed by atoms with van der Waals surface area (Å²) in [7, 11) is 0. The van der Waals surface area contributed by atoms with Crippen molar-refractivity contribution in [1.29, 1.82) is 0 Å². The van der Waals surface area contributed by atoms with E-state index in [0.717, 1.165) is 32.0 Å². The lowest BCUT2D eigenvalue weighted by molar-refractivity contribution is -0.115. The Kier molecular flexibility index (Phi) is 7.12. The predicted octanol–water partition coefficient (Wildman–Crippen LogP) is 4.56. The average molecular weight is 454 g/mol. The third-order valence-corrected chi connectivity index (χ3v) is 6.15. The van der Waals surface area contributed by atoms with E-state index >= 15 is 0 Å². The van der Waals surface area contributed by atoms with Crippen LogP contribution in [0.3, 0.4) is 0 Å². The molecule has 6 nitrogen and oxygen atoms in total. The van der Waals surface area contributed by atoms with Gasteiger partial charge in [0.2, 0.25) is 0 Å². The molecular weight excluding hydrogens is 426 g/mol. The molecule has 2 aromatic carbocycles. The second-order valence-electron chi connectivity index (χ2n) is 8.45. The largest absolute Gasteiger partial charge is 0.449 e. The number of halogens is 1. The van der Waals surface area contributed by atoms with Crippen molar-refractivity contribution in [1.82, 2.24) is 10.2 Å². The molecule has 168 valence electrons. The molecule has 2 aliphatic rings. The van der Waals surface area contributed by atoms with E-state index in [-0.39, 0.29) is 17.6 Å². The zero-order chi connectivity index (χ0) is 22.5. The third-order valence-electron chi connectivity index (χ3n) is 5.80. The Balaban J connectivity index is 1.34. The Labute approximate surface area is 193 Å². The van der Waals surface area contributed by atoms with Gasteiger partial charge >= 0.3 is 0 Å². The van der Waals surface area contributed by atoms with Crippen LogP contribution in [-0.4, -0.2) is 42.9 Å². The van der Waals surface area contributed by atoms with E-state index in [4.69, 9.17) is 16.3 Å². The molecular formula is C25H28ClN3O3. The minimum absolute atomic E-state index is 0.148. The molecule has 1 unspecified atom stereocenters. The molecule has 7 heteroatoms. The van der Waals surface area contributed by atoms with Crippen molar-refractivity contribution in [3.05, 3.63) is 64.4 Å². The van der Waals surface area contributed by atoms with Gasteiger partial charge in [0.15, 0.2) is 11.5 Å². The Hall–Kier alpha value is -2.83. The lowest BCUT2D eigenvalue weighted by atomic mass is 10.0. The number of anilines is 1. The highest BCUT2D eigenvalue weighted by molar-refractivity contribution is 6.32. The van der Waals surface area contributed by atoms with Gasteiger partial charge < -0.3 is 20.3 Å². The number of carbonyl (C=O) groups is 2. The molecule has 2 aromatic rings. The molecule has 32 heavy (non-hydrogen) atoms. The maximum absolute atomic E-state index is 12.6. The Bertz CT molecular complexity index is 1040. The summed E-state index contributed by atoms with van der Waals surface area (Å²) in [6, 6.07) is 12.2. The number of benzene rings is 2. The van der Waals surface area contributed by atoms with E-state index in [1.54, 1.807) is 36.4 Å². The van der Waals surface area contributed by atoms with Crippen molar-refractivity contribution < 1.29 is 14.3 Å². The highest BCUT2D eigenvalue weighted by Gasteiger charge is 2.23. The van der Waals surface area contributed by atoms with Crippen LogP contribution in [0.15, 0.2) is 48.2 Å². The van der Waals surface area contributed by atoms with Gasteiger partial charge in [0.25, 0.3) is 11.8 Å².